The molecule has 2 aromatic heterocycles. The highest BCUT2D eigenvalue weighted by Crippen LogP contribution is 2.27. The number of ether oxygens (including phenoxy) is 1. The van der Waals surface area contributed by atoms with E-state index in [2.05, 4.69) is 26.6 Å². The van der Waals surface area contributed by atoms with E-state index < -0.39 is 0 Å². The molecule has 2 heterocycles. The van der Waals surface area contributed by atoms with Crippen molar-refractivity contribution in [2.45, 2.75) is 23.6 Å². The van der Waals surface area contributed by atoms with Gasteiger partial charge in [-0.15, -0.1) is 11.8 Å². The molecule has 1 amide bonds. The molecule has 0 aliphatic heterocycles. The van der Waals surface area contributed by atoms with Crippen LogP contribution in [-0.2, 0) is 17.0 Å². The van der Waals surface area contributed by atoms with Crippen molar-refractivity contribution in [2.75, 3.05) is 7.11 Å². The number of nitrogens with one attached hydrogen (secondary N) is 2. The van der Waals surface area contributed by atoms with E-state index in [-0.39, 0.29) is 5.91 Å². The first-order valence-corrected chi connectivity index (χ1v) is 11.3. The highest BCUT2D eigenvalue weighted by atomic mass is 32.2. The number of aryl methyl sites for hydroxylation is 1. The van der Waals surface area contributed by atoms with Gasteiger partial charge in [-0.05, 0) is 53.9 Å². The normalized spacial score (nSPS) is 11.2. The average Bonchev–Trinajstić information content (AvgIpc) is 3.25. The quantitative estimate of drug-likeness (QED) is 0.218. The minimum absolute atomic E-state index is 0.119. The van der Waals surface area contributed by atoms with Crippen LogP contribution in [0.3, 0.4) is 0 Å². The molecule has 7 heteroatoms. The number of nitrogens with zero attached hydrogens (tertiary/aromatic N) is 2. The summed E-state index contributed by atoms with van der Waals surface area (Å²) in [6.07, 6.45) is 6.42. The van der Waals surface area contributed by atoms with Crippen LogP contribution in [0.2, 0.25) is 0 Å². The zero-order chi connectivity index (χ0) is 22.2. The van der Waals surface area contributed by atoms with E-state index in [1.807, 2.05) is 60.8 Å². The fourth-order valence-electron chi connectivity index (χ4n) is 3.40. The molecule has 2 N–H and O–H groups in total. The van der Waals surface area contributed by atoms with Crippen molar-refractivity contribution in [3.63, 3.8) is 0 Å². The van der Waals surface area contributed by atoms with Crippen molar-refractivity contribution < 1.29 is 9.53 Å². The standard InChI is InChI=1S/C25H24N4O2S/c1-31-23-11-9-18(14-20(23)17-32-25-8-4-5-13-26-25)15-28-29-24(30)12-10-19-16-27-22-7-3-2-6-21(19)22/h2-9,11,13-16,27H,10,12,17H2,1H3,(H,29,30)/b28-15+. The van der Waals surface area contributed by atoms with E-state index in [1.54, 1.807) is 31.3 Å². The second kappa shape index (κ2) is 10.6. The van der Waals surface area contributed by atoms with Crippen LogP contribution in [0.25, 0.3) is 10.9 Å². The Bertz CT molecular complexity index is 1220. The number of hydrogen-bond donors (Lipinski definition) is 2. The molecule has 32 heavy (non-hydrogen) atoms. The predicted molar refractivity (Wildman–Crippen MR) is 129 cm³/mol. The number of H-pyrrole nitrogens is 1. The first kappa shape index (κ1) is 21.6. The van der Waals surface area contributed by atoms with Crippen LogP contribution < -0.4 is 10.2 Å². The van der Waals surface area contributed by atoms with Crippen molar-refractivity contribution in [3.05, 3.63) is 89.7 Å². The predicted octanol–water partition coefficient (Wildman–Crippen LogP) is 4.95. The number of amides is 1. The van der Waals surface area contributed by atoms with Crippen LogP contribution in [0.15, 0.2) is 83.2 Å². The van der Waals surface area contributed by atoms with E-state index in [4.69, 9.17) is 4.74 Å². The summed E-state index contributed by atoms with van der Waals surface area (Å²) in [6.45, 7) is 0. The van der Waals surface area contributed by atoms with E-state index >= 15 is 0 Å². The summed E-state index contributed by atoms with van der Waals surface area (Å²) in [6, 6.07) is 19.8. The Morgan fingerprint density at radius 3 is 2.88 bits per heavy atom. The maximum absolute atomic E-state index is 12.2. The Morgan fingerprint density at radius 1 is 1.16 bits per heavy atom. The number of carbonyl (C=O) groups excluding carboxylic acids is 1. The van der Waals surface area contributed by atoms with Gasteiger partial charge >= 0.3 is 0 Å². The number of hydrazone groups is 1. The summed E-state index contributed by atoms with van der Waals surface area (Å²) in [7, 11) is 1.66. The maximum atomic E-state index is 12.2. The number of hydrogen-bond acceptors (Lipinski definition) is 5. The number of rotatable bonds is 9. The second-order valence-electron chi connectivity index (χ2n) is 7.18. The lowest BCUT2D eigenvalue weighted by molar-refractivity contribution is -0.121. The van der Waals surface area contributed by atoms with Gasteiger partial charge in [0.05, 0.1) is 18.4 Å². The second-order valence-corrected chi connectivity index (χ2v) is 8.18. The van der Waals surface area contributed by atoms with Crippen LogP contribution in [0, 0.1) is 0 Å². The first-order chi connectivity index (χ1) is 15.7. The molecule has 0 fully saturated rings. The van der Waals surface area contributed by atoms with Gasteiger partial charge in [-0.1, -0.05) is 24.3 Å². The zero-order valence-corrected chi connectivity index (χ0v) is 18.6. The molecule has 0 spiro atoms. The van der Waals surface area contributed by atoms with Gasteiger partial charge < -0.3 is 9.72 Å². The van der Waals surface area contributed by atoms with Crippen LogP contribution in [-0.4, -0.2) is 29.2 Å². The van der Waals surface area contributed by atoms with Crippen molar-refractivity contribution in [2.24, 2.45) is 5.10 Å². The fourth-order valence-corrected chi connectivity index (χ4v) is 4.24. The Labute approximate surface area is 191 Å². The molecule has 0 aliphatic rings. The molecule has 162 valence electrons. The number of methoxy groups -OCH3 is 1. The summed E-state index contributed by atoms with van der Waals surface area (Å²) in [4.78, 5) is 19.8. The van der Waals surface area contributed by atoms with Gasteiger partial charge in [0.1, 0.15) is 5.75 Å². The molecule has 0 atom stereocenters. The molecule has 0 unspecified atom stereocenters. The average molecular weight is 445 g/mol. The lowest BCUT2D eigenvalue weighted by Crippen LogP contribution is -2.17. The van der Waals surface area contributed by atoms with E-state index in [0.717, 1.165) is 44.1 Å². The Kier molecular flexibility index (Phi) is 7.19. The Hall–Kier alpha value is -3.58. The largest absolute Gasteiger partial charge is 0.496 e. The topological polar surface area (TPSA) is 79.4 Å². The maximum Gasteiger partial charge on any atom is 0.240 e. The molecule has 6 nitrogen and oxygen atoms in total. The Balaban J connectivity index is 1.32. The molecule has 0 aliphatic carbocycles. The van der Waals surface area contributed by atoms with Crippen molar-refractivity contribution in [1.82, 2.24) is 15.4 Å². The molecule has 0 saturated carbocycles. The number of carbonyl (C=O) groups is 1. The molecule has 4 rings (SSSR count). The summed E-state index contributed by atoms with van der Waals surface area (Å²) in [5.41, 5.74) is 6.76. The van der Waals surface area contributed by atoms with Gasteiger partial charge in [0.25, 0.3) is 0 Å². The number of aromatic nitrogens is 2. The van der Waals surface area contributed by atoms with Gasteiger partial charge in [-0.3, -0.25) is 4.79 Å². The van der Waals surface area contributed by atoms with Crippen LogP contribution in [0.4, 0.5) is 0 Å². The van der Waals surface area contributed by atoms with Crippen molar-refractivity contribution >= 4 is 34.8 Å². The van der Waals surface area contributed by atoms with Gasteiger partial charge in [-0.25, -0.2) is 10.4 Å². The van der Waals surface area contributed by atoms with Crippen LogP contribution >= 0.6 is 11.8 Å². The highest BCUT2D eigenvalue weighted by Gasteiger charge is 2.07. The van der Waals surface area contributed by atoms with Gasteiger partial charge in [0, 0.05) is 41.0 Å². The molecule has 0 bridgehead atoms. The third-order valence-corrected chi connectivity index (χ3v) is 6.01. The van der Waals surface area contributed by atoms with Crippen molar-refractivity contribution in [3.8, 4) is 5.75 Å². The number of pyridine rings is 1. The van der Waals surface area contributed by atoms with Crippen LogP contribution in [0.1, 0.15) is 23.1 Å². The summed E-state index contributed by atoms with van der Waals surface area (Å²) >= 11 is 1.64. The highest BCUT2D eigenvalue weighted by molar-refractivity contribution is 7.98. The number of aromatic amines is 1. The van der Waals surface area contributed by atoms with E-state index in [1.165, 1.54) is 0 Å². The zero-order valence-electron chi connectivity index (χ0n) is 17.7. The summed E-state index contributed by atoms with van der Waals surface area (Å²) in [5.74, 6) is 1.41. The number of thioether (sulfide) groups is 1. The van der Waals surface area contributed by atoms with E-state index in [9.17, 15) is 4.79 Å². The molecule has 2 aromatic carbocycles. The third-order valence-electron chi connectivity index (χ3n) is 5.02. The first-order valence-electron chi connectivity index (χ1n) is 10.3. The third kappa shape index (κ3) is 5.56. The fraction of sp³-hybridized carbons (Fsp3) is 0.160. The van der Waals surface area contributed by atoms with Gasteiger partial charge in [-0.2, -0.15) is 5.10 Å². The van der Waals surface area contributed by atoms with Gasteiger partial charge in [0.15, 0.2) is 0 Å². The van der Waals surface area contributed by atoms with Gasteiger partial charge in [0.2, 0.25) is 5.91 Å². The number of benzene rings is 2. The lowest BCUT2D eigenvalue weighted by atomic mass is 10.1. The molecule has 4 aromatic rings. The minimum Gasteiger partial charge on any atom is -0.496 e. The minimum atomic E-state index is -0.119. The monoisotopic (exact) mass is 444 g/mol. The molecular weight excluding hydrogens is 420 g/mol. The smallest absolute Gasteiger partial charge is 0.240 e. The Morgan fingerprint density at radius 2 is 2.03 bits per heavy atom. The number of fused-ring (bicyclic) bond motifs is 1. The number of para-hydroxylation sites is 1. The SMILES string of the molecule is COc1ccc(/C=N/NC(=O)CCc2c[nH]c3ccccc23)cc1CSc1ccccn1. The summed E-state index contributed by atoms with van der Waals surface area (Å²) < 4.78 is 5.48. The lowest BCUT2D eigenvalue weighted by Gasteiger charge is -2.09. The van der Waals surface area contributed by atoms with Crippen molar-refractivity contribution in [1.29, 1.82) is 0 Å². The summed E-state index contributed by atoms with van der Waals surface area (Å²) in [5, 5.41) is 6.23. The van der Waals surface area contributed by atoms with Crippen LogP contribution in [0.5, 0.6) is 5.75 Å². The molecule has 0 radical (unpaired) electrons. The molecule has 0 saturated heterocycles. The van der Waals surface area contributed by atoms with E-state index in [0.29, 0.717) is 12.8 Å². The molecular formula is C25H24N4O2S.